The zero-order valence-electron chi connectivity index (χ0n) is 7.78. The molecule has 0 unspecified atom stereocenters. The van der Waals surface area contributed by atoms with Crippen molar-refractivity contribution in [3.8, 4) is 0 Å². The molecular weight excluding hydrogens is 342 g/mol. The van der Waals surface area contributed by atoms with Crippen LogP contribution >= 0.6 is 22.6 Å². The third kappa shape index (κ3) is 2.72. The van der Waals surface area contributed by atoms with Gasteiger partial charge in [-0.15, -0.1) is 0 Å². The molecule has 0 nitrogen and oxygen atoms in total. The van der Waals surface area contributed by atoms with Crippen molar-refractivity contribution >= 4 is 22.6 Å². The van der Waals surface area contributed by atoms with Crippen molar-refractivity contribution in [2.24, 2.45) is 0 Å². The number of benzene rings is 1. The summed E-state index contributed by atoms with van der Waals surface area (Å²) in [6, 6.07) is 2.77. The largest absolute Gasteiger partial charge is 0.416 e. The van der Waals surface area contributed by atoms with Crippen LogP contribution in [0.4, 0.5) is 22.0 Å². The molecule has 1 aromatic carbocycles. The lowest BCUT2D eigenvalue weighted by molar-refractivity contribution is -0.137. The second-order valence-electron chi connectivity index (χ2n) is 3.05. The van der Waals surface area contributed by atoms with Crippen molar-refractivity contribution in [2.45, 2.75) is 12.1 Å². The van der Waals surface area contributed by atoms with Gasteiger partial charge in [-0.25, -0.2) is 0 Å². The van der Waals surface area contributed by atoms with E-state index in [1.807, 2.05) is 0 Å². The monoisotopic (exact) mass is 348 g/mol. The van der Waals surface area contributed by atoms with Crippen LogP contribution < -0.4 is 0 Å². The van der Waals surface area contributed by atoms with E-state index in [9.17, 15) is 22.0 Å². The minimum absolute atomic E-state index is 0.440. The molecule has 0 saturated carbocycles. The van der Waals surface area contributed by atoms with Crippen LogP contribution in [0.1, 0.15) is 11.1 Å². The van der Waals surface area contributed by atoms with Gasteiger partial charge in [-0.2, -0.15) is 22.0 Å². The predicted octanol–water partition coefficient (Wildman–Crippen LogP) is 4.75. The van der Waals surface area contributed by atoms with E-state index in [-0.39, 0.29) is 0 Å². The molecule has 0 saturated heterocycles. The smallest absolute Gasteiger partial charge is 0.195 e. The van der Waals surface area contributed by atoms with E-state index in [0.29, 0.717) is 12.1 Å². The Morgan fingerprint density at radius 3 is 1.62 bits per heavy atom. The van der Waals surface area contributed by atoms with Gasteiger partial charge in [-0.1, -0.05) is 18.7 Å². The number of hydrogen-bond acceptors (Lipinski definition) is 0. The van der Waals surface area contributed by atoms with Crippen molar-refractivity contribution in [2.75, 3.05) is 0 Å². The maximum Gasteiger partial charge on any atom is 0.416 e. The van der Waals surface area contributed by atoms with Gasteiger partial charge in [-0.05, 0) is 34.7 Å². The number of halogens is 6. The maximum absolute atomic E-state index is 13.3. The minimum Gasteiger partial charge on any atom is -0.195 e. The van der Waals surface area contributed by atoms with Crippen LogP contribution in [0.2, 0.25) is 0 Å². The highest BCUT2D eigenvalue weighted by atomic mass is 127. The Bertz CT molecular complexity index is 391. The standard InChI is InChI=1S/C10H6F5I/c1-6(16)9(11,12)7-2-4-8(5-3-7)10(13,14)15/h2-5H,1H2. The normalized spacial score (nSPS) is 12.6. The van der Waals surface area contributed by atoms with E-state index in [1.54, 1.807) is 0 Å². The average molecular weight is 348 g/mol. The Morgan fingerprint density at radius 1 is 0.938 bits per heavy atom. The maximum atomic E-state index is 13.3. The van der Waals surface area contributed by atoms with Crippen LogP contribution in [0.15, 0.2) is 34.4 Å². The predicted molar refractivity (Wildman–Crippen MR) is 58.5 cm³/mol. The van der Waals surface area contributed by atoms with Crippen molar-refractivity contribution in [1.82, 2.24) is 0 Å². The van der Waals surface area contributed by atoms with E-state index in [4.69, 9.17) is 0 Å². The highest BCUT2D eigenvalue weighted by Gasteiger charge is 2.35. The van der Waals surface area contributed by atoms with Gasteiger partial charge in [0, 0.05) is 5.56 Å². The van der Waals surface area contributed by atoms with Crippen LogP contribution in [0.25, 0.3) is 0 Å². The van der Waals surface area contributed by atoms with Gasteiger partial charge in [0.1, 0.15) is 0 Å². The fourth-order valence-electron chi connectivity index (χ4n) is 1.03. The van der Waals surface area contributed by atoms with E-state index >= 15 is 0 Å². The van der Waals surface area contributed by atoms with Crippen LogP contribution in [0.5, 0.6) is 0 Å². The number of allylic oxidation sites excluding steroid dienone is 1. The highest BCUT2D eigenvalue weighted by Crippen LogP contribution is 2.39. The van der Waals surface area contributed by atoms with Crippen LogP contribution in [0.3, 0.4) is 0 Å². The first-order chi connectivity index (χ1) is 7.15. The van der Waals surface area contributed by atoms with E-state index in [1.165, 1.54) is 22.6 Å². The SMILES string of the molecule is C=C(I)C(F)(F)c1ccc(C(F)(F)F)cc1. The molecule has 0 N–H and O–H groups in total. The summed E-state index contributed by atoms with van der Waals surface area (Å²) in [7, 11) is 0. The number of rotatable bonds is 2. The van der Waals surface area contributed by atoms with E-state index in [2.05, 4.69) is 6.58 Å². The molecule has 1 rings (SSSR count). The minimum atomic E-state index is -4.52. The third-order valence-corrected chi connectivity index (χ3v) is 2.59. The molecule has 1 aromatic rings. The fraction of sp³-hybridized carbons (Fsp3) is 0.200. The molecular formula is C10H6F5I. The van der Waals surface area contributed by atoms with E-state index < -0.39 is 26.8 Å². The zero-order valence-corrected chi connectivity index (χ0v) is 9.94. The van der Waals surface area contributed by atoms with Gasteiger partial charge in [0.15, 0.2) is 0 Å². The molecule has 0 spiro atoms. The van der Waals surface area contributed by atoms with Gasteiger partial charge in [0.05, 0.1) is 9.14 Å². The Morgan fingerprint density at radius 2 is 1.31 bits per heavy atom. The summed E-state index contributed by atoms with van der Waals surface area (Å²) in [6.45, 7) is 3.09. The van der Waals surface area contributed by atoms with Gasteiger partial charge < -0.3 is 0 Å². The second-order valence-corrected chi connectivity index (χ2v) is 4.36. The van der Waals surface area contributed by atoms with Gasteiger partial charge in [-0.3, -0.25) is 0 Å². The Labute approximate surface area is 102 Å². The Hall–Kier alpha value is -0.660. The highest BCUT2D eigenvalue weighted by molar-refractivity contribution is 14.1. The molecule has 0 amide bonds. The molecule has 0 radical (unpaired) electrons. The first-order valence-electron chi connectivity index (χ1n) is 4.06. The molecule has 6 heteroatoms. The lowest BCUT2D eigenvalue weighted by Crippen LogP contribution is -2.13. The molecule has 88 valence electrons. The summed E-state index contributed by atoms with van der Waals surface area (Å²) in [6.07, 6.45) is -4.52. The van der Waals surface area contributed by atoms with Crippen LogP contribution in [-0.4, -0.2) is 0 Å². The van der Waals surface area contributed by atoms with Gasteiger partial charge in [0.25, 0.3) is 0 Å². The van der Waals surface area contributed by atoms with Crippen molar-refractivity contribution in [3.63, 3.8) is 0 Å². The van der Waals surface area contributed by atoms with Crippen LogP contribution in [-0.2, 0) is 12.1 Å². The van der Waals surface area contributed by atoms with Gasteiger partial charge >= 0.3 is 12.1 Å². The second kappa shape index (κ2) is 4.31. The van der Waals surface area contributed by atoms with Gasteiger partial charge in [0.2, 0.25) is 0 Å². The van der Waals surface area contributed by atoms with Crippen molar-refractivity contribution in [1.29, 1.82) is 0 Å². The zero-order chi connectivity index (χ0) is 12.6. The first kappa shape index (κ1) is 13.4. The lowest BCUT2D eigenvalue weighted by atomic mass is 10.1. The third-order valence-electron chi connectivity index (χ3n) is 1.92. The molecule has 16 heavy (non-hydrogen) atoms. The summed E-state index contributed by atoms with van der Waals surface area (Å²) in [5.74, 6) is -3.31. The van der Waals surface area contributed by atoms with Crippen molar-refractivity contribution < 1.29 is 22.0 Å². The molecule has 0 aromatic heterocycles. The Kier molecular flexibility index (Phi) is 3.61. The number of hydrogen-bond donors (Lipinski definition) is 0. The molecule has 0 aliphatic carbocycles. The number of alkyl halides is 5. The lowest BCUT2D eigenvalue weighted by Gasteiger charge is -2.16. The Balaban J connectivity index is 3.09. The molecule has 0 atom stereocenters. The average Bonchev–Trinajstić information content (AvgIpc) is 2.16. The molecule has 0 bridgehead atoms. The summed E-state index contributed by atoms with van der Waals surface area (Å²) >= 11 is 1.35. The first-order valence-corrected chi connectivity index (χ1v) is 5.14. The molecule has 0 fully saturated rings. The molecule has 0 aliphatic heterocycles. The van der Waals surface area contributed by atoms with E-state index in [0.717, 1.165) is 12.1 Å². The summed E-state index contributed by atoms with van der Waals surface area (Å²) in [4.78, 5) is 0. The fourth-order valence-corrected chi connectivity index (χ4v) is 1.34. The molecule has 0 heterocycles. The molecule has 0 aliphatic rings. The quantitative estimate of drug-likeness (QED) is 0.535. The van der Waals surface area contributed by atoms with Crippen LogP contribution in [0, 0.1) is 0 Å². The summed E-state index contributed by atoms with van der Waals surface area (Å²) in [5, 5.41) is 0. The van der Waals surface area contributed by atoms with Crippen molar-refractivity contribution in [3.05, 3.63) is 45.6 Å². The summed E-state index contributed by atoms with van der Waals surface area (Å²) in [5.41, 5.74) is -1.45. The topological polar surface area (TPSA) is 0 Å². The summed E-state index contributed by atoms with van der Waals surface area (Å²) < 4.78 is 62.7.